The summed E-state index contributed by atoms with van der Waals surface area (Å²) in [5.74, 6) is -1.51. The maximum absolute atomic E-state index is 12.8. The number of rotatable bonds is 6. The first-order valence-electron chi connectivity index (χ1n) is 7.09. The van der Waals surface area contributed by atoms with E-state index in [1.807, 2.05) is 0 Å². The third kappa shape index (κ3) is 4.90. The monoisotopic (exact) mass is 353 g/mol. The molecule has 2 amide bonds. The van der Waals surface area contributed by atoms with Crippen LogP contribution in [0, 0.1) is 0 Å². The normalized spacial score (nSPS) is 11.0. The van der Waals surface area contributed by atoms with Crippen LogP contribution in [0.15, 0.2) is 36.7 Å². The molecule has 0 aliphatic carbocycles. The molecule has 0 saturated carbocycles. The number of nitrogens with one attached hydrogen (secondary N) is 2. The van der Waals surface area contributed by atoms with Crippen LogP contribution < -0.4 is 16.4 Å². The highest BCUT2D eigenvalue weighted by molar-refractivity contribution is 5.95. The van der Waals surface area contributed by atoms with Crippen LogP contribution in [-0.2, 0) is 6.18 Å². The van der Waals surface area contributed by atoms with E-state index in [-0.39, 0.29) is 30.2 Å². The summed E-state index contributed by atoms with van der Waals surface area (Å²) in [5, 5.41) is 5.04. The largest absolute Gasteiger partial charge is 0.419 e. The van der Waals surface area contributed by atoms with Crippen LogP contribution in [0.2, 0.25) is 0 Å². The van der Waals surface area contributed by atoms with Gasteiger partial charge in [-0.1, -0.05) is 0 Å². The van der Waals surface area contributed by atoms with Crippen molar-refractivity contribution >= 4 is 17.6 Å². The molecule has 0 bridgehead atoms. The number of amides is 2. The summed E-state index contributed by atoms with van der Waals surface area (Å²) in [5.41, 5.74) is 4.37. The first-order chi connectivity index (χ1) is 11.8. The molecule has 0 fully saturated rings. The number of carbonyl (C=O) groups is 2. The van der Waals surface area contributed by atoms with Gasteiger partial charge in [-0.25, -0.2) is 4.98 Å². The molecule has 4 N–H and O–H groups in total. The second-order valence-corrected chi connectivity index (χ2v) is 4.88. The van der Waals surface area contributed by atoms with Gasteiger partial charge in [0.15, 0.2) is 0 Å². The van der Waals surface area contributed by atoms with Crippen molar-refractivity contribution in [2.24, 2.45) is 5.73 Å². The SMILES string of the molecule is NC(=O)c1ccc(C(=O)NCCNc2ncccc2C(F)(F)F)cn1. The lowest BCUT2D eigenvalue weighted by atomic mass is 10.2. The Bertz CT molecular complexity index is 763. The summed E-state index contributed by atoms with van der Waals surface area (Å²) in [6.07, 6.45) is -2.10. The third-order valence-electron chi connectivity index (χ3n) is 3.09. The van der Waals surface area contributed by atoms with Gasteiger partial charge in [-0.15, -0.1) is 0 Å². The number of carbonyl (C=O) groups excluding carboxylic acids is 2. The molecule has 2 heterocycles. The van der Waals surface area contributed by atoms with Crippen LogP contribution in [0.3, 0.4) is 0 Å². The Hall–Kier alpha value is -3.17. The predicted molar refractivity (Wildman–Crippen MR) is 82.8 cm³/mol. The van der Waals surface area contributed by atoms with Crippen LogP contribution >= 0.6 is 0 Å². The highest BCUT2D eigenvalue weighted by Crippen LogP contribution is 2.33. The zero-order valence-corrected chi connectivity index (χ0v) is 12.8. The van der Waals surface area contributed by atoms with Crippen LogP contribution in [0.1, 0.15) is 26.4 Å². The molecule has 0 radical (unpaired) electrons. The quantitative estimate of drug-likeness (QED) is 0.681. The Labute approximate surface area is 140 Å². The highest BCUT2D eigenvalue weighted by Gasteiger charge is 2.33. The molecule has 25 heavy (non-hydrogen) atoms. The molecular weight excluding hydrogens is 339 g/mol. The predicted octanol–water partition coefficient (Wildman–Crippen LogP) is 1.44. The van der Waals surface area contributed by atoms with E-state index in [0.717, 1.165) is 6.07 Å². The average Bonchev–Trinajstić information content (AvgIpc) is 2.58. The fourth-order valence-corrected chi connectivity index (χ4v) is 1.91. The van der Waals surface area contributed by atoms with E-state index < -0.39 is 23.6 Å². The van der Waals surface area contributed by atoms with E-state index in [2.05, 4.69) is 20.6 Å². The van der Waals surface area contributed by atoms with Crippen molar-refractivity contribution in [1.82, 2.24) is 15.3 Å². The lowest BCUT2D eigenvalue weighted by Gasteiger charge is -2.13. The van der Waals surface area contributed by atoms with E-state index in [0.29, 0.717) is 0 Å². The van der Waals surface area contributed by atoms with Crippen molar-refractivity contribution in [1.29, 1.82) is 0 Å². The molecule has 0 spiro atoms. The number of alkyl halides is 3. The summed E-state index contributed by atoms with van der Waals surface area (Å²) in [6.45, 7) is 0.100. The Morgan fingerprint density at radius 2 is 1.88 bits per heavy atom. The van der Waals surface area contributed by atoms with Crippen molar-refractivity contribution < 1.29 is 22.8 Å². The number of hydrogen-bond acceptors (Lipinski definition) is 5. The highest BCUT2D eigenvalue weighted by atomic mass is 19.4. The van der Waals surface area contributed by atoms with Gasteiger partial charge in [0.05, 0.1) is 11.1 Å². The fraction of sp³-hybridized carbons (Fsp3) is 0.200. The van der Waals surface area contributed by atoms with Crippen molar-refractivity contribution in [3.05, 3.63) is 53.5 Å². The Morgan fingerprint density at radius 1 is 1.12 bits per heavy atom. The van der Waals surface area contributed by atoms with Gasteiger partial charge < -0.3 is 16.4 Å². The van der Waals surface area contributed by atoms with E-state index in [4.69, 9.17) is 5.73 Å². The number of nitrogens with zero attached hydrogens (tertiary/aromatic N) is 2. The smallest absolute Gasteiger partial charge is 0.368 e. The number of primary amides is 1. The van der Waals surface area contributed by atoms with E-state index in [9.17, 15) is 22.8 Å². The number of hydrogen-bond donors (Lipinski definition) is 3. The molecule has 132 valence electrons. The van der Waals surface area contributed by atoms with Crippen molar-refractivity contribution in [2.75, 3.05) is 18.4 Å². The van der Waals surface area contributed by atoms with Gasteiger partial charge in [-0.05, 0) is 24.3 Å². The molecule has 7 nitrogen and oxygen atoms in total. The zero-order valence-electron chi connectivity index (χ0n) is 12.8. The van der Waals surface area contributed by atoms with Crippen LogP contribution in [0.4, 0.5) is 19.0 Å². The zero-order chi connectivity index (χ0) is 18.4. The summed E-state index contributed by atoms with van der Waals surface area (Å²) in [4.78, 5) is 30.1. The summed E-state index contributed by atoms with van der Waals surface area (Å²) in [7, 11) is 0. The van der Waals surface area contributed by atoms with Crippen LogP contribution in [0.5, 0.6) is 0 Å². The van der Waals surface area contributed by atoms with Gasteiger partial charge >= 0.3 is 6.18 Å². The summed E-state index contributed by atoms with van der Waals surface area (Å²) < 4.78 is 38.4. The molecule has 2 aromatic heterocycles. The van der Waals surface area contributed by atoms with E-state index >= 15 is 0 Å². The molecule has 2 rings (SSSR count). The number of anilines is 1. The van der Waals surface area contributed by atoms with E-state index in [1.165, 1.54) is 30.6 Å². The maximum Gasteiger partial charge on any atom is 0.419 e. The Balaban J connectivity index is 1.87. The lowest BCUT2D eigenvalue weighted by Crippen LogP contribution is -2.29. The molecule has 2 aromatic rings. The molecular formula is C15H14F3N5O2. The van der Waals surface area contributed by atoms with Crippen LogP contribution in [0.25, 0.3) is 0 Å². The standard InChI is InChI=1S/C15H14F3N5O2/c16-15(17,18)10-2-1-5-20-13(10)21-6-7-22-14(25)9-3-4-11(12(19)24)23-8-9/h1-5,8H,6-7H2,(H2,19,24)(H,20,21)(H,22,25). The summed E-state index contributed by atoms with van der Waals surface area (Å²) >= 11 is 0. The topological polar surface area (TPSA) is 110 Å². The second kappa shape index (κ2) is 7.60. The molecule has 0 aliphatic rings. The first-order valence-corrected chi connectivity index (χ1v) is 7.09. The number of aromatic nitrogens is 2. The average molecular weight is 353 g/mol. The van der Waals surface area contributed by atoms with Gasteiger partial charge in [-0.2, -0.15) is 13.2 Å². The van der Waals surface area contributed by atoms with Crippen LogP contribution in [-0.4, -0.2) is 34.9 Å². The minimum Gasteiger partial charge on any atom is -0.368 e. The minimum absolute atomic E-state index is 0.0213. The van der Waals surface area contributed by atoms with Gasteiger partial charge in [0.1, 0.15) is 11.5 Å². The molecule has 0 saturated heterocycles. The molecule has 10 heteroatoms. The third-order valence-corrected chi connectivity index (χ3v) is 3.09. The van der Waals surface area contributed by atoms with Gasteiger partial charge in [0.2, 0.25) is 0 Å². The summed E-state index contributed by atoms with van der Waals surface area (Å²) in [6, 6.07) is 4.79. The van der Waals surface area contributed by atoms with Gasteiger partial charge in [0.25, 0.3) is 11.8 Å². The van der Waals surface area contributed by atoms with Gasteiger partial charge in [0, 0.05) is 25.5 Å². The lowest BCUT2D eigenvalue weighted by molar-refractivity contribution is -0.137. The Morgan fingerprint density at radius 3 is 2.48 bits per heavy atom. The fourth-order valence-electron chi connectivity index (χ4n) is 1.91. The van der Waals surface area contributed by atoms with E-state index in [1.54, 1.807) is 0 Å². The van der Waals surface area contributed by atoms with Crippen molar-refractivity contribution in [3.63, 3.8) is 0 Å². The molecule has 0 aliphatic heterocycles. The van der Waals surface area contributed by atoms with Crippen molar-refractivity contribution in [2.45, 2.75) is 6.18 Å². The Kier molecular flexibility index (Phi) is 5.52. The maximum atomic E-state index is 12.8. The number of nitrogens with two attached hydrogens (primary N) is 1. The first kappa shape index (κ1) is 18.2. The second-order valence-electron chi connectivity index (χ2n) is 4.88. The van der Waals surface area contributed by atoms with Crippen molar-refractivity contribution in [3.8, 4) is 0 Å². The molecule has 0 unspecified atom stereocenters. The molecule has 0 atom stereocenters. The van der Waals surface area contributed by atoms with Gasteiger partial charge in [-0.3, -0.25) is 14.6 Å². The number of halogens is 3. The number of pyridine rings is 2. The molecule has 0 aromatic carbocycles. The minimum atomic E-state index is -4.52.